The van der Waals surface area contributed by atoms with E-state index in [1.54, 1.807) is 17.2 Å². The van der Waals surface area contributed by atoms with Gasteiger partial charge in [0.2, 0.25) is 5.91 Å². The molecule has 1 aliphatic rings. The van der Waals surface area contributed by atoms with E-state index < -0.39 is 0 Å². The van der Waals surface area contributed by atoms with Crippen LogP contribution >= 0.6 is 0 Å². The van der Waals surface area contributed by atoms with E-state index in [-0.39, 0.29) is 11.8 Å². The third kappa shape index (κ3) is 1.84. The first-order valence-electron chi connectivity index (χ1n) is 6.07. The number of carbonyl (C=O) groups excluding carboxylic acids is 1. The zero-order chi connectivity index (χ0) is 11.5. The van der Waals surface area contributed by atoms with Crippen LogP contribution in [0.3, 0.4) is 0 Å². The fourth-order valence-electron chi connectivity index (χ4n) is 2.61. The molecule has 1 saturated heterocycles. The molecule has 0 aromatic carbocycles. The molecule has 88 valence electrons. The number of carbonyl (C=O) groups is 1. The molecule has 2 unspecified atom stereocenters. The van der Waals surface area contributed by atoms with Gasteiger partial charge in [-0.05, 0) is 18.8 Å². The van der Waals surface area contributed by atoms with Gasteiger partial charge in [-0.25, -0.2) is 14.7 Å². The summed E-state index contributed by atoms with van der Waals surface area (Å²) in [5.74, 6) is 0.950. The molecule has 0 N–H and O–H groups in total. The molecule has 1 aromatic rings. The molecule has 4 heteroatoms. The van der Waals surface area contributed by atoms with Crippen LogP contribution in [-0.4, -0.2) is 22.1 Å². The summed E-state index contributed by atoms with van der Waals surface area (Å²) in [6.45, 7) is 5.11. The Morgan fingerprint density at radius 1 is 1.50 bits per heavy atom. The highest BCUT2D eigenvalue weighted by Gasteiger charge is 2.39. The molecule has 2 rings (SSSR count). The molecule has 0 spiro atoms. The van der Waals surface area contributed by atoms with Gasteiger partial charge in [0.1, 0.15) is 6.33 Å². The van der Waals surface area contributed by atoms with Crippen molar-refractivity contribution in [2.24, 2.45) is 11.8 Å². The smallest absolute Gasteiger partial charge is 0.244 e. The van der Waals surface area contributed by atoms with E-state index in [9.17, 15) is 4.79 Å². The Hall–Kier alpha value is -1.32. The zero-order valence-electron chi connectivity index (χ0n) is 9.97. The van der Waals surface area contributed by atoms with Crippen LogP contribution in [0.5, 0.6) is 0 Å². The fourth-order valence-corrected chi connectivity index (χ4v) is 2.61. The highest BCUT2D eigenvalue weighted by atomic mass is 16.2. The molecule has 0 radical (unpaired) electrons. The van der Waals surface area contributed by atoms with Crippen LogP contribution in [0.1, 0.15) is 33.1 Å². The van der Waals surface area contributed by atoms with Gasteiger partial charge in [-0.2, -0.15) is 0 Å². The molecule has 2 heterocycles. The monoisotopic (exact) mass is 221 g/mol. The second-order valence-electron chi connectivity index (χ2n) is 4.43. The summed E-state index contributed by atoms with van der Waals surface area (Å²) in [6.07, 6.45) is 8.45. The van der Waals surface area contributed by atoms with Crippen LogP contribution in [0.15, 0.2) is 18.7 Å². The van der Waals surface area contributed by atoms with Crippen molar-refractivity contribution in [3.8, 4) is 0 Å². The average molecular weight is 221 g/mol. The van der Waals surface area contributed by atoms with Gasteiger partial charge in [-0.3, -0.25) is 4.79 Å². The van der Waals surface area contributed by atoms with Gasteiger partial charge in [0.25, 0.3) is 0 Å². The van der Waals surface area contributed by atoms with Crippen molar-refractivity contribution in [3.05, 3.63) is 18.7 Å². The van der Waals surface area contributed by atoms with Crippen molar-refractivity contribution in [2.45, 2.75) is 33.1 Å². The van der Waals surface area contributed by atoms with Gasteiger partial charge in [0.05, 0.1) is 0 Å². The highest BCUT2D eigenvalue weighted by molar-refractivity contribution is 5.90. The Labute approximate surface area is 96.2 Å². The summed E-state index contributed by atoms with van der Waals surface area (Å²) in [5.41, 5.74) is 0. The minimum absolute atomic E-state index is 0.197. The van der Waals surface area contributed by atoms with Crippen LogP contribution in [0, 0.1) is 11.8 Å². The van der Waals surface area contributed by atoms with E-state index in [1.807, 2.05) is 11.2 Å². The largest absolute Gasteiger partial charge is 0.273 e. The number of hydrogen-bond acceptors (Lipinski definition) is 2. The summed E-state index contributed by atoms with van der Waals surface area (Å²) in [4.78, 5) is 16.2. The van der Waals surface area contributed by atoms with E-state index in [0.717, 1.165) is 25.8 Å². The lowest BCUT2D eigenvalue weighted by molar-refractivity contribution is -0.122. The van der Waals surface area contributed by atoms with E-state index in [2.05, 4.69) is 18.8 Å². The third-order valence-electron chi connectivity index (χ3n) is 3.42. The maximum Gasteiger partial charge on any atom is 0.244 e. The highest BCUT2D eigenvalue weighted by Crippen LogP contribution is 2.29. The predicted octanol–water partition coefficient (Wildman–Crippen LogP) is 1.80. The Morgan fingerprint density at radius 2 is 2.31 bits per heavy atom. The van der Waals surface area contributed by atoms with Crippen molar-refractivity contribution in [3.63, 3.8) is 0 Å². The zero-order valence-corrected chi connectivity index (χ0v) is 9.97. The van der Waals surface area contributed by atoms with Gasteiger partial charge in [-0.15, -0.1) is 0 Å². The van der Waals surface area contributed by atoms with Crippen molar-refractivity contribution >= 4 is 5.91 Å². The van der Waals surface area contributed by atoms with E-state index >= 15 is 0 Å². The maximum absolute atomic E-state index is 12.2. The lowest BCUT2D eigenvalue weighted by Crippen LogP contribution is -2.36. The normalized spacial score (nSPS) is 25.4. The second-order valence-corrected chi connectivity index (χ2v) is 4.43. The predicted molar refractivity (Wildman–Crippen MR) is 62.5 cm³/mol. The molecular formula is C12H19N3O. The van der Waals surface area contributed by atoms with Crippen LogP contribution in [0.4, 0.5) is 0 Å². The van der Waals surface area contributed by atoms with Crippen LogP contribution < -0.4 is 5.01 Å². The first-order chi connectivity index (χ1) is 7.77. The summed E-state index contributed by atoms with van der Waals surface area (Å²) < 4.78 is 1.81. The molecule has 2 atom stereocenters. The summed E-state index contributed by atoms with van der Waals surface area (Å²) >= 11 is 0. The molecule has 0 saturated carbocycles. The Morgan fingerprint density at radius 3 is 2.88 bits per heavy atom. The Bertz CT molecular complexity index is 347. The van der Waals surface area contributed by atoms with E-state index in [4.69, 9.17) is 0 Å². The van der Waals surface area contributed by atoms with Gasteiger partial charge in [0, 0.05) is 24.9 Å². The molecule has 1 aliphatic heterocycles. The molecule has 1 amide bonds. The van der Waals surface area contributed by atoms with Gasteiger partial charge in [-0.1, -0.05) is 20.3 Å². The van der Waals surface area contributed by atoms with Gasteiger partial charge < -0.3 is 0 Å². The van der Waals surface area contributed by atoms with Crippen LogP contribution in [0.25, 0.3) is 0 Å². The fraction of sp³-hybridized carbons (Fsp3) is 0.667. The number of rotatable bonds is 4. The molecule has 1 aromatic heterocycles. The first kappa shape index (κ1) is 11.2. The first-order valence-corrected chi connectivity index (χ1v) is 6.07. The number of hydrogen-bond donors (Lipinski definition) is 0. The minimum atomic E-state index is 0.197. The summed E-state index contributed by atoms with van der Waals surface area (Å²) in [5, 5.41) is 1.82. The second kappa shape index (κ2) is 4.68. The summed E-state index contributed by atoms with van der Waals surface area (Å²) in [7, 11) is 0. The van der Waals surface area contributed by atoms with E-state index in [0.29, 0.717) is 5.92 Å². The molecule has 1 fully saturated rings. The Balaban J connectivity index is 2.16. The molecular weight excluding hydrogens is 202 g/mol. The van der Waals surface area contributed by atoms with Crippen molar-refractivity contribution in [1.82, 2.24) is 9.66 Å². The molecule has 4 nitrogen and oxygen atoms in total. The maximum atomic E-state index is 12.2. The average Bonchev–Trinajstić information content (AvgIpc) is 2.87. The SMILES string of the molecule is CCCC1CN(n2ccnc2)C(=O)C1CC. The van der Waals surface area contributed by atoms with Gasteiger partial charge in [0.15, 0.2) is 0 Å². The van der Waals surface area contributed by atoms with Crippen molar-refractivity contribution in [1.29, 1.82) is 0 Å². The number of imidazole rings is 1. The van der Waals surface area contributed by atoms with Crippen molar-refractivity contribution < 1.29 is 4.79 Å². The quantitative estimate of drug-likeness (QED) is 0.777. The van der Waals surface area contributed by atoms with Crippen LogP contribution in [0.2, 0.25) is 0 Å². The van der Waals surface area contributed by atoms with Crippen LogP contribution in [-0.2, 0) is 4.79 Å². The number of nitrogens with zero attached hydrogens (tertiary/aromatic N) is 3. The lowest BCUT2D eigenvalue weighted by Gasteiger charge is -2.16. The summed E-state index contributed by atoms with van der Waals surface area (Å²) in [6, 6.07) is 0. The molecule has 16 heavy (non-hydrogen) atoms. The number of amides is 1. The van der Waals surface area contributed by atoms with Gasteiger partial charge >= 0.3 is 0 Å². The Kier molecular flexibility index (Phi) is 3.27. The molecule has 0 bridgehead atoms. The van der Waals surface area contributed by atoms with E-state index in [1.165, 1.54) is 0 Å². The lowest BCUT2D eigenvalue weighted by atomic mass is 9.89. The topological polar surface area (TPSA) is 38.1 Å². The molecule has 0 aliphatic carbocycles. The standard InChI is InChI=1S/C12H19N3O/c1-3-5-10-8-15(12(16)11(10)4-2)14-7-6-13-9-14/h6-7,9-11H,3-5,8H2,1-2H3. The third-order valence-corrected chi connectivity index (χ3v) is 3.42. The number of aromatic nitrogens is 2. The minimum Gasteiger partial charge on any atom is -0.273 e. The van der Waals surface area contributed by atoms with Crippen molar-refractivity contribution in [2.75, 3.05) is 11.6 Å².